The minimum atomic E-state index is 0.526. The third kappa shape index (κ3) is 2.04. The molecule has 15 heavy (non-hydrogen) atoms. The Morgan fingerprint density at radius 1 is 1.00 bits per heavy atom. The molecule has 0 radical (unpaired) electrons. The molecule has 4 nitrogen and oxygen atoms in total. The number of rotatable bonds is 2. The zero-order chi connectivity index (χ0) is 10.7. The molecule has 0 spiro atoms. The van der Waals surface area contributed by atoms with E-state index < -0.39 is 0 Å². The molecular weight excluding hydrogens is 188 g/mol. The van der Waals surface area contributed by atoms with Crippen molar-refractivity contribution in [3.63, 3.8) is 0 Å². The van der Waals surface area contributed by atoms with Crippen LogP contribution in [0.25, 0.3) is 11.1 Å². The molecule has 4 heteroatoms. The van der Waals surface area contributed by atoms with E-state index in [-0.39, 0.29) is 0 Å². The molecule has 0 saturated carbocycles. The van der Waals surface area contributed by atoms with Crippen LogP contribution in [0.5, 0.6) is 0 Å². The predicted molar refractivity (Wildman–Crippen MR) is 61.4 cm³/mol. The summed E-state index contributed by atoms with van der Waals surface area (Å²) < 4.78 is 0. The van der Waals surface area contributed by atoms with Crippen molar-refractivity contribution < 1.29 is 0 Å². The molecular formula is C11H12N4. The van der Waals surface area contributed by atoms with E-state index in [4.69, 9.17) is 5.73 Å². The smallest absolute Gasteiger partial charge is 0.125 e. The molecule has 0 bridgehead atoms. The molecule has 2 aromatic rings. The number of nitrogen functional groups attached to an aromatic ring is 1. The van der Waals surface area contributed by atoms with Crippen LogP contribution in [0, 0.1) is 0 Å². The highest BCUT2D eigenvalue weighted by atomic mass is 14.9. The molecule has 2 heterocycles. The van der Waals surface area contributed by atoms with E-state index in [0.717, 1.165) is 16.9 Å². The second-order valence-electron chi connectivity index (χ2n) is 3.15. The summed E-state index contributed by atoms with van der Waals surface area (Å²) in [5, 5.41) is 2.97. The fourth-order valence-corrected chi connectivity index (χ4v) is 1.29. The fraction of sp³-hybridized carbons (Fsp3) is 0.0909. The number of nitrogens with two attached hydrogens (primary N) is 1. The van der Waals surface area contributed by atoms with Gasteiger partial charge in [0, 0.05) is 30.6 Å². The van der Waals surface area contributed by atoms with Crippen LogP contribution in [0.3, 0.4) is 0 Å². The Morgan fingerprint density at radius 2 is 1.67 bits per heavy atom. The molecule has 0 aromatic carbocycles. The van der Waals surface area contributed by atoms with Gasteiger partial charge in [-0.3, -0.25) is 0 Å². The van der Waals surface area contributed by atoms with Crippen LogP contribution in [0.1, 0.15) is 0 Å². The molecule has 0 unspecified atom stereocenters. The molecule has 0 fully saturated rings. The molecule has 76 valence electrons. The number of hydrogen-bond acceptors (Lipinski definition) is 4. The van der Waals surface area contributed by atoms with E-state index in [2.05, 4.69) is 15.3 Å². The van der Waals surface area contributed by atoms with E-state index in [1.807, 2.05) is 25.2 Å². The zero-order valence-electron chi connectivity index (χ0n) is 8.44. The zero-order valence-corrected chi connectivity index (χ0v) is 8.44. The minimum absolute atomic E-state index is 0.526. The number of pyridine rings is 2. The Labute approximate surface area is 88.2 Å². The van der Waals surface area contributed by atoms with Crippen molar-refractivity contribution in [2.75, 3.05) is 18.1 Å². The number of aromatic nitrogens is 2. The van der Waals surface area contributed by atoms with Gasteiger partial charge in [0.1, 0.15) is 11.6 Å². The summed E-state index contributed by atoms with van der Waals surface area (Å²) in [6, 6.07) is 7.62. The van der Waals surface area contributed by atoms with Crippen molar-refractivity contribution in [2.45, 2.75) is 0 Å². The van der Waals surface area contributed by atoms with E-state index in [0.29, 0.717) is 5.82 Å². The summed E-state index contributed by atoms with van der Waals surface area (Å²) in [5.74, 6) is 1.38. The quantitative estimate of drug-likeness (QED) is 0.775. The van der Waals surface area contributed by atoms with Gasteiger partial charge in [-0.1, -0.05) is 0 Å². The normalized spacial score (nSPS) is 9.93. The lowest BCUT2D eigenvalue weighted by Gasteiger charge is -2.02. The Balaban J connectivity index is 2.33. The highest BCUT2D eigenvalue weighted by molar-refractivity contribution is 5.63. The van der Waals surface area contributed by atoms with Crippen LogP contribution in [-0.4, -0.2) is 17.0 Å². The van der Waals surface area contributed by atoms with Crippen LogP contribution in [0.15, 0.2) is 36.7 Å². The van der Waals surface area contributed by atoms with Crippen molar-refractivity contribution in [2.24, 2.45) is 0 Å². The van der Waals surface area contributed by atoms with Crippen LogP contribution in [-0.2, 0) is 0 Å². The maximum absolute atomic E-state index is 5.51. The first-order valence-electron chi connectivity index (χ1n) is 4.65. The molecule has 0 aliphatic carbocycles. The minimum Gasteiger partial charge on any atom is -0.384 e. The molecule has 0 atom stereocenters. The monoisotopic (exact) mass is 200 g/mol. The van der Waals surface area contributed by atoms with Crippen molar-refractivity contribution >= 4 is 11.6 Å². The number of nitrogens with zero attached hydrogens (tertiary/aromatic N) is 2. The summed E-state index contributed by atoms with van der Waals surface area (Å²) in [7, 11) is 1.84. The maximum Gasteiger partial charge on any atom is 0.125 e. The fourth-order valence-electron chi connectivity index (χ4n) is 1.29. The summed E-state index contributed by atoms with van der Waals surface area (Å²) in [6.07, 6.45) is 3.55. The first kappa shape index (κ1) is 9.45. The van der Waals surface area contributed by atoms with Gasteiger partial charge in [0.25, 0.3) is 0 Å². The highest BCUT2D eigenvalue weighted by Gasteiger charge is 1.98. The van der Waals surface area contributed by atoms with Crippen molar-refractivity contribution in [3.05, 3.63) is 36.7 Å². The standard InChI is InChI=1S/C11H12N4/c1-13-11-5-3-9(7-15-11)8-2-4-10(12)14-6-8/h2-7H,1H3,(H2,12,14)(H,13,15). The van der Waals surface area contributed by atoms with Crippen molar-refractivity contribution in [1.82, 2.24) is 9.97 Å². The summed E-state index contributed by atoms with van der Waals surface area (Å²) >= 11 is 0. The van der Waals surface area contributed by atoms with E-state index in [1.165, 1.54) is 0 Å². The van der Waals surface area contributed by atoms with Gasteiger partial charge in [0.15, 0.2) is 0 Å². The average molecular weight is 200 g/mol. The van der Waals surface area contributed by atoms with Gasteiger partial charge in [0.2, 0.25) is 0 Å². The molecule has 2 aromatic heterocycles. The van der Waals surface area contributed by atoms with E-state index in [9.17, 15) is 0 Å². The highest BCUT2D eigenvalue weighted by Crippen LogP contribution is 2.18. The van der Waals surface area contributed by atoms with Gasteiger partial charge in [-0.25, -0.2) is 9.97 Å². The number of nitrogens with one attached hydrogen (secondary N) is 1. The summed E-state index contributed by atoms with van der Waals surface area (Å²) in [6.45, 7) is 0. The number of anilines is 2. The van der Waals surface area contributed by atoms with Gasteiger partial charge in [-0.05, 0) is 24.3 Å². The van der Waals surface area contributed by atoms with Gasteiger partial charge < -0.3 is 11.1 Å². The van der Waals surface area contributed by atoms with Gasteiger partial charge in [-0.15, -0.1) is 0 Å². The molecule has 0 amide bonds. The second kappa shape index (κ2) is 3.96. The molecule has 3 N–H and O–H groups in total. The first-order chi connectivity index (χ1) is 7.29. The van der Waals surface area contributed by atoms with Crippen molar-refractivity contribution in [3.8, 4) is 11.1 Å². The number of hydrogen-bond donors (Lipinski definition) is 2. The topological polar surface area (TPSA) is 63.8 Å². The lowest BCUT2D eigenvalue weighted by atomic mass is 10.1. The summed E-state index contributed by atoms with van der Waals surface area (Å²) in [4.78, 5) is 8.26. The molecule has 2 rings (SSSR count). The van der Waals surface area contributed by atoms with Crippen LogP contribution < -0.4 is 11.1 Å². The Kier molecular flexibility index (Phi) is 2.49. The Morgan fingerprint density at radius 3 is 2.13 bits per heavy atom. The third-order valence-electron chi connectivity index (χ3n) is 2.14. The van der Waals surface area contributed by atoms with Crippen LogP contribution in [0.4, 0.5) is 11.6 Å². The average Bonchev–Trinajstić information content (AvgIpc) is 2.30. The van der Waals surface area contributed by atoms with Gasteiger partial charge >= 0.3 is 0 Å². The molecule has 0 aliphatic rings. The lowest BCUT2D eigenvalue weighted by molar-refractivity contribution is 1.28. The molecule has 0 saturated heterocycles. The van der Waals surface area contributed by atoms with Crippen molar-refractivity contribution in [1.29, 1.82) is 0 Å². The predicted octanol–water partition coefficient (Wildman–Crippen LogP) is 1.77. The largest absolute Gasteiger partial charge is 0.384 e. The van der Waals surface area contributed by atoms with E-state index in [1.54, 1.807) is 18.5 Å². The van der Waals surface area contributed by atoms with Gasteiger partial charge in [-0.2, -0.15) is 0 Å². The third-order valence-corrected chi connectivity index (χ3v) is 2.14. The van der Waals surface area contributed by atoms with Crippen LogP contribution >= 0.6 is 0 Å². The molecule has 0 aliphatic heterocycles. The first-order valence-corrected chi connectivity index (χ1v) is 4.65. The Hall–Kier alpha value is -2.10. The maximum atomic E-state index is 5.51. The SMILES string of the molecule is CNc1ccc(-c2ccc(N)nc2)cn1. The second-order valence-corrected chi connectivity index (χ2v) is 3.15. The lowest BCUT2D eigenvalue weighted by Crippen LogP contribution is -1.92. The van der Waals surface area contributed by atoms with E-state index >= 15 is 0 Å². The van der Waals surface area contributed by atoms with Crippen LogP contribution in [0.2, 0.25) is 0 Å². The summed E-state index contributed by atoms with van der Waals surface area (Å²) in [5.41, 5.74) is 7.56. The Bertz CT molecular complexity index is 433. The van der Waals surface area contributed by atoms with Gasteiger partial charge in [0.05, 0.1) is 0 Å².